The number of hydrogen-bond acceptors (Lipinski definition) is 6. The highest BCUT2D eigenvalue weighted by Crippen LogP contribution is 2.23. The van der Waals surface area contributed by atoms with Gasteiger partial charge in [-0.2, -0.15) is 0 Å². The number of ether oxygens (including phenoxy) is 2. The van der Waals surface area contributed by atoms with Crippen LogP contribution in [0.25, 0.3) is 6.08 Å². The quantitative estimate of drug-likeness (QED) is 0.536. The number of halogens is 1. The van der Waals surface area contributed by atoms with Crippen LogP contribution in [0.4, 0.5) is 11.4 Å². The second-order valence-corrected chi connectivity index (χ2v) is 6.93. The molecule has 0 saturated carbocycles. The van der Waals surface area contributed by atoms with E-state index in [1.54, 1.807) is 6.07 Å². The monoisotopic (exact) mass is 429 g/mol. The molecule has 7 heteroatoms. The maximum Gasteiger partial charge on any atom is 0.302 e. The lowest BCUT2D eigenvalue weighted by molar-refractivity contribution is -0.141. The number of rotatable bonds is 11. The summed E-state index contributed by atoms with van der Waals surface area (Å²) >= 11 is 6.01. The highest BCUT2D eigenvalue weighted by Gasteiger charge is 2.06. The highest BCUT2D eigenvalue weighted by molar-refractivity contribution is 6.30. The van der Waals surface area contributed by atoms with Crippen molar-refractivity contribution in [3.05, 3.63) is 65.2 Å². The Hall–Kier alpha value is -2.83. The maximum absolute atomic E-state index is 11.0. The third kappa shape index (κ3) is 9.11. The van der Waals surface area contributed by atoms with Crippen LogP contribution in [0.1, 0.15) is 19.4 Å². The average Bonchev–Trinajstić information content (AvgIpc) is 2.68. The molecular weight excluding hydrogens is 404 g/mol. The zero-order chi connectivity index (χ0) is 21.8. The SMILES string of the molecule is CC(=O)OCCN(C/C=C/c1ccccc1Nc1cc[c]c(Cl)c1)CCOC(C)=O. The number of benzene rings is 2. The first kappa shape index (κ1) is 23.4. The molecule has 2 aromatic rings. The third-order valence-corrected chi connectivity index (χ3v) is 4.31. The van der Waals surface area contributed by atoms with Gasteiger partial charge in [-0.05, 0) is 23.8 Å². The lowest BCUT2D eigenvalue weighted by Crippen LogP contribution is -2.32. The Kier molecular flexibility index (Phi) is 9.91. The van der Waals surface area contributed by atoms with Crippen LogP contribution in [0.3, 0.4) is 0 Å². The van der Waals surface area contributed by atoms with Crippen LogP contribution in [0, 0.1) is 6.07 Å². The molecule has 1 N–H and O–H groups in total. The van der Waals surface area contributed by atoms with Crippen LogP contribution < -0.4 is 5.32 Å². The zero-order valence-corrected chi connectivity index (χ0v) is 17.9. The van der Waals surface area contributed by atoms with Crippen LogP contribution in [0.5, 0.6) is 0 Å². The fourth-order valence-corrected chi connectivity index (χ4v) is 2.87. The molecular formula is C23H26ClN2O4. The number of anilines is 2. The second-order valence-electron chi connectivity index (χ2n) is 6.52. The van der Waals surface area contributed by atoms with Crippen LogP contribution >= 0.6 is 11.6 Å². The molecule has 2 aromatic carbocycles. The molecule has 0 atom stereocenters. The first-order valence-electron chi connectivity index (χ1n) is 9.63. The van der Waals surface area contributed by atoms with E-state index in [9.17, 15) is 9.59 Å². The van der Waals surface area contributed by atoms with E-state index < -0.39 is 0 Å². The van der Waals surface area contributed by atoms with Gasteiger partial charge in [0.1, 0.15) is 13.2 Å². The summed E-state index contributed by atoms with van der Waals surface area (Å²) in [6.07, 6.45) is 4.04. The molecule has 0 unspecified atom stereocenters. The summed E-state index contributed by atoms with van der Waals surface area (Å²) in [4.78, 5) is 24.0. The van der Waals surface area contributed by atoms with E-state index >= 15 is 0 Å². The van der Waals surface area contributed by atoms with E-state index in [0.29, 0.717) is 24.7 Å². The zero-order valence-electron chi connectivity index (χ0n) is 17.2. The van der Waals surface area contributed by atoms with E-state index in [1.165, 1.54) is 13.8 Å². The van der Waals surface area contributed by atoms with Crippen molar-refractivity contribution in [1.29, 1.82) is 0 Å². The predicted octanol–water partition coefficient (Wildman–Crippen LogP) is 4.33. The summed E-state index contributed by atoms with van der Waals surface area (Å²) in [7, 11) is 0. The molecule has 6 nitrogen and oxygen atoms in total. The molecule has 159 valence electrons. The molecule has 0 heterocycles. The van der Waals surface area contributed by atoms with E-state index in [1.807, 2.05) is 53.5 Å². The average molecular weight is 430 g/mol. The molecule has 0 spiro atoms. The van der Waals surface area contributed by atoms with Crippen molar-refractivity contribution in [2.45, 2.75) is 13.8 Å². The summed E-state index contributed by atoms with van der Waals surface area (Å²) < 4.78 is 10.0. The van der Waals surface area contributed by atoms with Gasteiger partial charge in [0.2, 0.25) is 0 Å². The summed E-state index contributed by atoms with van der Waals surface area (Å²) in [6.45, 7) is 5.04. The molecule has 0 fully saturated rings. The lowest BCUT2D eigenvalue weighted by Gasteiger charge is -2.20. The largest absolute Gasteiger partial charge is 0.465 e. The van der Waals surface area contributed by atoms with Crippen LogP contribution in [0.2, 0.25) is 5.02 Å². The van der Waals surface area contributed by atoms with Crippen molar-refractivity contribution >= 4 is 41.0 Å². The summed E-state index contributed by atoms with van der Waals surface area (Å²) in [6, 6.07) is 16.3. The molecule has 0 amide bonds. The molecule has 0 aromatic heterocycles. The Morgan fingerprint density at radius 1 is 1.10 bits per heavy atom. The first-order valence-corrected chi connectivity index (χ1v) is 10.0. The number of carbonyl (C=O) groups is 2. The standard InChI is InChI=1S/C23H26ClN2O4/c1-18(27)29-15-13-26(14-16-30-19(2)28)12-6-8-20-7-3-4-11-23(20)25-22-10-5-9-21(24)17-22/h3-8,10-11,17,25H,12-16H2,1-2H3/b8-6+. The Morgan fingerprint density at radius 3 is 2.40 bits per heavy atom. The third-order valence-electron chi connectivity index (χ3n) is 4.09. The number of nitrogens with one attached hydrogen (secondary N) is 1. The lowest BCUT2D eigenvalue weighted by atomic mass is 10.1. The van der Waals surface area contributed by atoms with Crippen molar-refractivity contribution in [1.82, 2.24) is 4.90 Å². The van der Waals surface area contributed by atoms with Gasteiger partial charge < -0.3 is 14.8 Å². The van der Waals surface area contributed by atoms with Crippen molar-refractivity contribution < 1.29 is 19.1 Å². The topological polar surface area (TPSA) is 67.9 Å². The van der Waals surface area contributed by atoms with Gasteiger partial charge in [-0.3, -0.25) is 14.5 Å². The van der Waals surface area contributed by atoms with Crippen molar-refractivity contribution in [2.75, 3.05) is 38.2 Å². The fraction of sp³-hybridized carbons (Fsp3) is 0.304. The molecule has 0 aliphatic rings. The molecule has 1 radical (unpaired) electrons. The predicted molar refractivity (Wildman–Crippen MR) is 119 cm³/mol. The Bertz CT molecular complexity index is 850. The number of para-hydroxylation sites is 1. The van der Waals surface area contributed by atoms with Crippen molar-refractivity contribution in [3.63, 3.8) is 0 Å². The van der Waals surface area contributed by atoms with Gasteiger partial charge in [0.25, 0.3) is 0 Å². The second kappa shape index (κ2) is 12.7. The molecule has 0 bridgehead atoms. The van der Waals surface area contributed by atoms with E-state index in [0.717, 1.165) is 16.9 Å². The normalized spacial score (nSPS) is 10.9. The summed E-state index contributed by atoms with van der Waals surface area (Å²) in [5.41, 5.74) is 2.84. The van der Waals surface area contributed by atoms with Gasteiger partial charge in [-0.15, -0.1) is 0 Å². The molecule has 2 rings (SSSR count). The Labute approximate surface area is 182 Å². The van der Waals surface area contributed by atoms with Gasteiger partial charge in [-0.1, -0.05) is 48.0 Å². The highest BCUT2D eigenvalue weighted by atomic mass is 35.5. The van der Waals surface area contributed by atoms with Gasteiger partial charge in [-0.25, -0.2) is 0 Å². The molecule has 30 heavy (non-hydrogen) atoms. The number of carbonyl (C=O) groups excluding carboxylic acids is 2. The smallest absolute Gasteiger partial charge is 0.302 e. The number of esters is 2. The van der Waals surface area contributed by atoms with Gasteiger partial charge in [0.15, 0.2) is 0 Å². The van der Waals surface area contributed by atoms with E-state index in [-0.39, 0.29) is 25.2 Å². The fourth-order valence-electron chi connectivity index (χ4n) is 2.69. The Morgan fingerprint density at radius 2 is 1.77 bits per heavy atom. The van der Waals surface area contributed by atoms with Crippen molar-refractivity contribution in [2.24, 2.45) is 0 Å². The number of hydrogen-bond donors (Lipinski definition) is 1. The van der Waals surface area contributed by atoms with Crippen LogP contribution in [-0.4, -0.2) is 49.7 Å². The molecule has 0 saturated heterocycles. The maximum atomic E-state index is 11.0. The van der Waals surface area contributed by atoms with Gasteiger partial charge in [0.05, 0.1) is 5.02 Å². The summed E-state index contributed by atoms with van der Waals surface area (Å²) in [5.74, 6) is -0.631. The van der Waals surface area contributed by atoms with E-state index in [4.69, 9.17) is 21.1 Å². The summed E-state index contributed by atoms with van der Waals surface area (Å²) in [5, 5.41) is 3.91. The van der Waals surface area contributed by atoms with E-state index in [2.05, 4.69) is 11.4 Å². The van der Waals surface area contributed by atoms with Crippen molar-refractivity contribution in [3.8, 4) is 0 Å². The minimum absolute atomic E-state index is 0.285. The molecule has 0 aliphatic carbocycles. The van der Waals surface area contributed by atoms with Crippen LogP contribution in [-0.2, 0) is 19.1 Å². The minimum Gasteiger partial charge on any atom is -0.465 e. The van der Waals surface area contributed by atoms with Crippen LogP contribution in [0.15, 0.2) is 48.5 Å². The first-order chi connectivity index (χ1) is 14.4. The molecule has 0 aliphatic heterocycles. The van der Waals surface area contributed by atoms with Gasteiger partial charge >= 0.3 is 11.9 Å². The Balaban J connectivity index is 2.00. The van der Waals surface area contributed by atoms with Gasteiger partial charge in [0, 0.05) is 50.9 Å². The number of nitrogens with zero attached hydrogens (tertiary/aromatic N) is 1. The minimum atomic E-state index is -0.316.